The van der Waals surface area contributed by atoms with Crippen LogP contribution in [0.1, 0.15) is 44.9 Å². The second kappa shape index (κ2) is 6.45. The molecule has 2 N–H and O–H groups in total. The SMILES string of the molecule is CN1CC(C(=O)NCC2(CC(=O)O)CCCCC2)CC1=O. The minimum Gasteiger partial charge on any atom is -0.481 e. The molecule has 2 amide bonds. The first-order chi connectivity index (χ1) is 9.92. The van der Waals surface area contributed by atoms with Crippen LogP contribution in [0, 0.1) is 11.3 Å². The molecule has 1 saturated carbocycles. The maximum absolute atomic E-state index is 12.2. The lowest BCUT2D eigenvalue weighted by atomic mass is 9.71. The number of carbonyl (C=O) groups is 3. The van der Waals surface area contributed by atoms with Gasteiger partial charge < -0.3 is 15.3 Å². The lowest BCUT2D eigenvalue weighted by molar-refractivity contribution is -0.141. The Morgan fingerprint density at radius 3 is 2.52 bits per heavy atom. The van der Waals surface area contributed by atoms with Crippen LogP contribution in [-0.4, -0.2) is 47.9 Å². The molecule has 6 nitrogen and oxygen atoms in total. The van der Waals surface area contributed by atoms with Gasteiger partial charge in [-0.05, 0) is 18.3 Å². The summed E-state index contributed by atoms with van der Waals surface area (Å²) in [7, 11) is 1.70. The number of carbonyl (C=O) groups excluding carboxylic acids is 2. The Morgan fingerprint density at radius 1 is 1.33 bits per heavy atom. The number of aliphatic carboxylic acids is 1. The molecule has 1 aliphatic carbocycles. The molecule has 1 aliphatic heterocycles. The van der Waals surface area contributed by atoms with Crippen LogP contribution in [0.15, 0.2) is 0 Å². The number of hydrogen-bond donors (Lipinski definition) is 2. The van der Waals surface area contributed by atoms with E-state index in [1.165, 1.54) is 0 Å². The van der Waals surface area contributed by atoms with Crippen LogP contribution < -0.4 is 5.32 Å². The van der Waals surface area contributed by atoms with Crippen molar-refractivity contribution in [1.29, 1.82) is 0 Å². The van der Waals surface area contributed by atoms with Gasteiger partial charge in [0.1, 0.15) is 0 Å². The fourth-order valence-electron chi connectivity index (χ4n) is 3.50. The second-order valence-corrected chi connectivity index (χ2v) is 6.52. The molecule has 2 rings (SSSR count). The second-order valence-electron chi connectivity index (χ2n) is 6.52. The van der Waals surface area contributed by atoms with Crippen LogP contribution >= 0.6 is 0 Å². The average Bonchev–Trinajstić information content (AvgIpc) is 2.76. The summed E-state index contributed by atoms with van der Waals surface area (Å²) in [5.74, 6) is -1.23. The Kier molecular flexibility index (Phi) is 4.85. The summed E-state index contributed by atoms with van der Waals surface area (Å²) >= 11 is 0. The predicted molar refractivity (Wildman–Crippen MR) is 76.5 cm³/mol. The molecule has 0 aromatic rings. The number of likely N-dealkylation sites (tertiary alicyclic amines) is 1. The topological polar surface area (TPSA) is 86.7 Å². The van der Waals surface area contributed by atoms with Crippen LogP contribution in [0.5, 0.6) is 0 Å². The number of hydrogen-bond acceptors (Lipinski definition) is 3. The molecule has 2 aliphatic rings. The van der Waals surface area contributed by atoms with Crippen LogP contribution in [0.3, 0.4) is 0 Å². The highest BCUT2D eigenvalue weighted by atomic mass is 16.4. The van der Waals surface area contributed by atoms with Gasteiger partial charge in [-0.25, -0.2) is 0 Å². The van der Waals surface area contributed by atoms with Crippen molar-refractivity contribution in [1.82, 2.24) is 10.2 Å². The van der Waals surface area contributed by atoms with Gasteiger partial charge >= 0.3 is 5.97 Å². The van der Waals surface area contributed by atoms with Gasteiger partial charge in [-0.2, -0.15) is 0 Å². The monoisotopic (exact) mass is 296 g/mol. The molecule has 1 atom stereocenters. The zero-order valence-corrected chi connectivity index (χ0v) is 12.6. The van der Waals surface area contributed by atoms with Gasteiger partial charge in [0.25, 0.3) is 0 Å². The standard InChI is InChI=1S/C15H24N2O4/c1-17-9-11(7-12(17)18)14(21)16-10-15(8-13(19)20)5-3-2-4-6-15/h11H,2-10H2,1H3,(H,16,21)(H,19,20). The Morgan fingerprint density at radius 2 is 2.00 bits per heavy atom. The molecule has 0 radical (unpaired) electrons. The zero-order valence-electron chi connectivity index (χ0n) is 12.6. The lowest BCUT2D eigenvalue weighted by Gasteiger charge is -2.36. The number of carboxylic acids is 1. The zero-order chi connectivity index (χ0) is 15.5. The summed E-state index contributed by atoms with van der Waals surface area (Å²) < 4.78 is 0. The molecule has 1 heterocycles. The van der Waals surface area contributed by atoms with E-state index in [0.717, 1.165) is 32.1 Å². The quantitative estimate of drug-likeness (QED) is 0.792. The summed E-state index contributed by atoms with van der Waals surface area (Å²) in [6, 6.07) is 0. The van der Waals surface area contributed by atoms with Crippen LogP contribution in [0.2, 0.25) is 0 Å². The first-order valence-electron chi connectivity index (χ1n) is 7.65. The lowest BCUT2D eigenvalue weighted by Crippen LogP contribution is -2.42. The van der Waals surface area contributed by atoms with Crippen molar-refractivity contribution >= 4 is 17.8 Å². The third kappa shape index (κ3) is 3.95. The number of nitrogens with one attached hydrogen (secondary N) is 1. The largest absolute Gasteiger partial charge is 0.481 e. The molecular weight excluding hydrogens is 272 g/mol. The third-order valence-corrected chi connectivity index (χ3v) is 4.79. The molecule has 0 aromatic carbocycles. The molecule has 1 saturated heterocycles. The first-order valence-corrected chi connectivity index (χ1v) is 7.65. The highest BCUT2D eigenvalue weighted by Gasteiger charge is 2.37. The van der Waals surface area contributed by atoms with Crippen molar-refractivity contribution in [3.05, 3.63) is 0 Å². The van der Waals surface area contributed by atoms with Crippen LogP contribution in [0.25, 0.3) is 0 Å². The summed E-state index contributed by atoms with van der Waals surface area (Å²) in [5.41, 5.74) is -0.311. The predicted octanol–water partition coefficient (Wildman–Crippen LogP) is 1.01. The van der Waals surface area contributed by atoms with Crippen LogP contribution in [-0.2, 0) is 14.4 Å². The van der Waals surface area contributed by atoms with Crippen molar-refractivity contribution < 1.29 is 19.5 Å². The van der Waals surface area contributed by atoms with E-state index in [-0.39, 0.29) is 36.0 Å². The fourth-order valence-corrected chi connectivity index (χ4v) is 3.50. The summed E-state index contributed by atoms with van der Waals surface area (Å²) in [6.45, 7) is 0.864. The smallest absolute Gasteiger partial charge is 0.303 e. The Labute approximate surface area is 124 Å². The van der Waals surface area contributed by atoms with Gasteiger partial charge in [0, 0.05) is 26.6 Å². The molecule has 0 bridgehead atoms. The molecule has 21 heavy (non-hydrogen) atoms. The van der Waals surface area contributed by atoms with Crippen LogP contribution in [0.4, 0.5) is 0 Å². The Hall–Kier alpha value is -1.59. The Balaban J connectivity index is 1.90. The van der Waals surface area contributed by atoms with E-state index >= 15 is 0 Å². The number of carboxylic acid groups (broad SMARTS) is 1. The van der Waals surface area contributed by atoms with E-state index in [2.05, 4.69) is 5.32 Å². The highest BCUT2D eigenvalue weighted by Crippen LogP contribution is 2.38. The normalized spacial score (nSPS) is 24.9. The Bertz CT molecular complexity index is 429. The van der Waals surface area contributed by atoms with Crippen molar-refractivity contribution in [2.45, 2.75) is 44.9 Å². The van der Waals surface area contributed by atoms with Crippen molar-refractivity contribution in [2.75, 3.05) is 20.1 Å². The minimum atomic E-state index is -0.804. The van der Waals surface area contributed by atoms with Gasteiger partial charge in [-0.1, -0.05) is 19.3 Å². The number of nitrogens with zero attached hydrogens (tertiary/aromatic N) is 1. The molecular formula is C15H24N2O4. The van der Waals surface area contributed by atoms with E-state index in [1.807, 2.05) is 0 Å². The van der Waals surface area contributed by atoms with E-state index in [9.17, 15) is 14.4 Å². The number of amides is 2. The van der Waals surface area contributed by atoms with Crippen molar-refractivity contribution in [2.24, 2.45) is 11.3 Å². The maximum Gasteiger partial charge on any atom is 0.303 e. The highest BCUT2D eigenvalue weighted by molar-refractivity contribution is 5.89. The van der Waals surface area contributed by atoms with Gasteiger partial charge in [0.15, 0.2) is 0 Å². The molecule has 0 aromatic heterocycles. The summed E-state index contributed by atoms with van der Waals surface area (Å²) in [4.78, 5) is 36.3. The maximum atomic E-state index is 12.2. The van der Waals surface area contributed by atoms with Crippen molar-refractivity contribution in [3.63, 3.8) is 0 Å². The average molecular weight is 296 g/mol. The summed E-state index contributed by atoms with van der Waals surface area (Å²) in [5, 5.41) is 12.0. The molecule has 0 spiro atoms. The van der Waals surface area contributed by atoms with E-state index in [0.29, 0.717) is 13.1 Å². The van der Waals surface area contributed by atoms with Crippen molar-refractivity contribution in [3.8, 4) is 0 Å². The van der Waals surface area contributed by atoms with Gasteiger partial charge in [0.05, 0.1) is 12.3 Å². The minimum absolute atomic E-state index is 0.00642. The third-order valence-electron chi connectivity index (χ3n) is 4.79. The fraction of sp³-hybridized carbons (Fsp3) is 0.800. The molecule has 118 valence electrons. The van der Waals surface area contributed by atoms with Gasteiger partial charge in [-0.3, -0.25) is 14.4 Å². The van der Waals surface area contributed by atoms with E-state index < -0.39 is 5.97 Å². The molecule has 1 unspecified atom stereocenters. The van der Waals surface area contributed by atoms with Gasteiger partial charge in [-0.15, -0.1) is 0 Å². The summed E-state index contributed by atoms with van der Waals surface area (Å²) in [6.07, 6.45) is 5.25. The van der Waals surface area contributed by atoms with E-state index in [1.54, 1.807) is 11.9 Å². The number of rotatable bonds is 5. The molecule has 6 heteroatoms. The van der Waals surface area contributed by atoms with Gasteiger partial charge in [0.2, 0.25) is 11.8 Å². The van der Waals surface area contributed by atoms with E-state index in [4.69, 9.17) is 5.11 Å². The first kappa shape index (κ1) is 15.8. The molecule has 2 fully saturated rings.